The molecule has 0 aromatic heterocycles. The standard InChI is InChI=1S/C15H22O2/c1-6-15(4,5)17-12(3)14(16)13-9-7-11(2)8-10-13/h7-10,12H,6H2,1-5H3. The van der Waals surface area contributed by atoms with Gasteiger partial charge in [0.2, 0.25) is 0 Å². The summed E-state index contributed by atoms with van der Waals surface area (Å²) in [5.41, 5.74) is 1.62. The summed E-state index contributed by atoms with van der Waals surface area (Å²) < 4.78 is 5.78. The molecule has 2 heteroatoms. The van der Waals surface area contributed by atoms with E-state index in [4.69, 9.17) is 4.74 Å². The number of hydrogen-bond donors (Lipinski definition) is 0. The second-order valence-corrected chi connectivity index (χ2v) is 5.10. The van der Waals surface area contributed by atoms with E-state index in [1.54, 1.807) is 0 Å². The van der Waals surface area contributed by atoms with Gasteiger partial charge in [-0.25, -0.2) is 0 Å². The first-order chi connectivity index (χ1) is 7.85. The Morgan fingerprint density at radius 2 is 1.82 bits per heavy atom. The zero-order valence-electron chi connectivity index (χ0n) is 11.4. The Kier molecular flexibility index (Phi) is 4.47. The number of carbonyl (C=O) groups excluding carboxylic acids is 1. The van der Waals surface area contributed by atoms with Crippen LogP contribution in [0.25, 0.3) is 0 Å². The van der Waals surface area contributed by atoms with Gasteiger partial charge < -0.3 is 4.74 Å². The highest BCUT2D eigenvalue weighted by Crippen LogP contribution is 2.18. The number of hydrogen-bond acceptors (Lipinski definition) is 2. The summed E-state index contributed by atoms with van der Waals surface area (Å²) in [6.45, 7) is 9.90. The minimum absolute atomic E-state index is 0.0477. The molecule has 0 bridgehead atoms. The summed E-state index contributed by atoms with van der Waals surface area (Å²) in [7, 11) is 0. The maximum Gasteiger partial charge on any atom is 0.191 e. The Hall–Kier alpha value is -1.15. The van der Waals surface area contributed by atoms with Crippen molar-refractivity contribution in [3.05, 3.63) is 35.4 Å². The van der Waals surface area contributed by atoms with E-state index in [0.29, 0.717) is 0 Å². The first kappa shape index (κ1) is 13.9. The fraction of sp³-hybridized carbons (Fsp3) is 0.533. The molecule has 0 aliphatic heterocycles. The number of ether oxygens (including phenoxy) is 1. The van der Waals surface area contributed by atoms with Gasteiger partial charge in [-0.3, -0.25) is 4.79 Å². The van der Waals surface area contributed by atoms with E-state index in [9.17, 15) is 4.79 Å². The lowest BCUT2D eigenvalue weighted by Gasteiger charge is -2.27. The van der Waals surface area contributed by atoms with Crippen LogP contribution in [0.5, 0.6) is 0 Å². The molecule has 0 aliphatic carbocycles. The van der Waals surface area contributed by atoms with Crippen LogP contribution < -0.4 is 0 Å². The first-order valence-corrected chi connectivity index (χ1v) is 6.14. The normalized spacial score (nSPS) is 13.5. The number of aryl methyl sites for hydroxylation is 1. The average Bonchev–Trinajstić information content (AvgIpc) is 2.28. The van der Waals surface area contributed by atoms with Gasteiger partial charge in [0.05, 0.1) is 5.60 Å². The minimum atomic E-state index is -0.396. The smallest absolute Gasteiger partial charge is 0.191 e. The molecule has 0 fully saturated rings. The van der Waals surface area contributed by atoms with E-state index < -0.39 is 6.10 Å². The van der Waals surface area contributed by atoms with Gasteiger partial charge in [0.15, 0.2) is 5.78 Å². The van der Waals surface area contributed by atoms with Crippen LogP contribution in [0.4, 0.5) is 0 Å². The molecule has 0 spiro atoms. The van der Waals surface area contributed by atoms with Gasteiger partial charge in [0.25, 0.3) is 0 Å². The van der Waals surface area contributed by atoms with Gasteiger partial charge in [-0.15, -0.1) is 0 Å². The third-order valence-electron chi connectivity index (χ3n) is 3.05. The van der Waals surface area contributed by atoms with Crippen molar-refractivity contribution in [2.75, 3.05) is 0 Å². The lowest BCUT2D eigenvalue weighted by atomic mass is 10.0. The number of rotatable bonds is 5. The molecule has 94 valence electrons. The molecule has 1 aromatic carbocycles. The van der Waals surface area contributed by atoms with Crippen molar-refractivity contribution in [3.8, 4) is 0 Å². The number of carbonyl (C=O) groups is 1. The highest BCUT2D eigenvalue weighted by atomic mass is 16.5. The quantitative estimate of drug-likeness (QED) is 0.725. The van der Waals surface area contributed by atoms with E-state index in [-0.39, 0.29) is 11.4 Å². The average molecular weight is 234 g/mol. The van der Waals surface area contributed by atoms with Gasteiger partial charge in [-0.2, -0.15) is 0 Å². The van der Waals surface area contributed by atoms with Gasteiger partial charge in [-0.05, 0) is 34.1 Å². The molecule has 0 N–H and O–H groups in total. The van der Waals surface area contributed by atoms with Crippen LogP contribution >= 0.6 is 0 Å². The minimum Gasteiger partial charge on any atom is -0.364 e. The summed E-state index contributed by atoms with van der Waals surface area (Å²) in [6, 6.07) is 7.61. The molecular formula is C15H22O2. The molecule has 0 saturated carbocycles. The monoisotopic (exact) mass is 234 g/mol. The van der Waals surface area contributed by atoms with E-state index in [0.717, 1.165) is 17.5 Å². The second kappa shape index (κ2) is 5.46. The molecule has 1 unspecified atom stereocenters. The molecule has 1 rings (SSSR count). The highest BCUT2D eigenvalue weighted by Gasteiger charge is 2.24. The van der Waals surface area contributed by atoms with Gasteiger partial charge in [0, 0.05) is 5.56 Å². The van der Waals surface area contributed by atoms with Crippen LogP contribution in [0.1, 0.15) is 50.0 Å². The summed E-state index contributed by atoms with van der Waals surface area (Å²) in [4.78, 5) is 12.1. The predicted molar refractivity (Wildman–Crippen MR) is 70.4 cm³/mol. The van der Waals surface area contributed by atoms with Crippen molar-refractivity contribution in [2.24, 2.45) is 0 Å². The van der Waals surface area contributed by atoms with Crippen LogP contribution in [0, 0.1) is 6.92 Å². The van der Waals surface area contributed by atoms with E-state index in [1.807, 2.05) is 52.0 Å². The number of benzene rings is 1. The van der Waals surface area contributed by atoms with Crippen molar-refractivity contribution in [1.82, 2.24) is 0 Å². The summed E-state index contributed by atoms with van der Waals surface area (Å²) in [5.74, 6) is 0.0477. The number of ketones is 1. The molecule has 0 aliphatic rings. The zero-order valence-corrected chi connectivity index (χ0v) is 11.4. The van der Waals surface area contributed by atoms with Crippen molar-refractivity contribution < 1.29 is 9.53 Å². The van der Waals surface area contributed by atoms with Gasteiger partial charge in [0.1, 0.15) is 6.10 Å². The Bertz CT molecular complexity index is 376. The SMILES string of the molecule is CCC(C)(C)OC(C)C(=O)c1ccc(C)cc1. The van der Waals surface area contributed by atoms with E-state index in [2.05, 4.69) is 6.92 Å². The fourth-order valence-corrected chi connectivity index (χ4v) is 1.57. The first-order valence-electron chi connectivity index (χ1n) is 6.14. The third kappa shape index (κ3) is 3.97. The Morgan fingerprint density at radius 1 is 1.29 bits per heavy atom. The molecule has 1 atom stereocenters. The van der Waals surface area contributed by atoms with E-state index in [1.165, 1.54) is 0 Å². The van der Waals surface area contributed by atoms with Gasteiger partial charge >= 0.3 is 0 Å². The lowest BCUT2D eigenvalue weighted by Crippen LogP contribution is -2.33. The van der Waals surface area contributed by atoms with Crippen LogP contribution in [-0.4, -0.2) is 17.5 Å². The van der Waals surface area contributed by atoms with Crippen molar-refractivity contribution in [1.29, 1.82) is 0 Å². The molecular weight excluding hydrogens is 212 g/mol. The van der Waals surface area contributed by atoms with Crippen molar-refractivity contribution >= 4 is 5.78 Å². The summed E-state index contributed by atoms with van der Waals surface area (Å²) in [6.07, 6.45) is 0.492. The zero-order chi connectivity index (χ0) is 13.1. The summed E-state index contributed by atoms with van der Waals surface area (Å²) >= 11 is 0. The lowest BCUT2D eigenvalue weighted by molar-refractivity contribution is -0.0517. The summed E-state index contributed by atoms with van der Waals surface area (Å²) in [5, 5.41) is 0. The maximum atomic E-state index is 12.1. The maximum absolute atomic E-state index is 12.1. The van der Waals surface area contributed by atoms with Crippen LogP contribution in [0.15, 0.2) is 24.3 Å². The van der Waals surface area contributed by atoms with E-state index >= 15 is 0 Å². The molecule has 17 heavy (non-hydrogen) atoms. The fourth-order valence-electron chi connectivity index (χ4n) is 1.57. The Balaban J connectivity index is 2.73. The molecule has 0 amide bonds. The largest absolute Gasteiger partial charge is 0.364 e. The second-order valence-electron chi connectivity index (χ2n) is 5.10. The van der Waals surface area contributed by atoms with Crippen molar-refractivity contribution in [3.63, 3.8) is 0 Å². The molecule has 1 aromatic rings. The Labute approximate surface area is 104 Å². The molecule has 0 heterocycles. The van der Waals surface area contributed by atoms with Crippen molar-refractivity contribution in [2.45, 2.75) is 52.7 Å². The molecule has 2 nitrogen and oxygen atoms in total. The van der Waals surface area contributed by atoms with Gasteiger partial charge in [-0.1, -0.05) is 36.8 Å². The molecule has 0 radical (unpaired) electrons. The third-order valence-corrected chi connectivity index (χ3v) is 3.05. The van der Waals surface area contributed by atoms with Crippen LogP contribution in [-0.2, 0) is 4.74 Å². The Morgan fingerprint density at radius 3 is 2.29 bits per heavy atom. The highest BCUT2D eigenvalue weighted by molar-refractivity contribution is 5.99. The van der Waals surface area contributed by atoms with Crippen LogP contribution in [0.2, 0.25) is 0 Å². The number of Topliss-reactive ketones (excluding diaryl/α,β-unsaturated/α-hetero) is 1. The molecule has 0 saturated heterocycles. The predicted octanol–water partition coefficient (Wildman–Crippen LogP) is 3.77. The van der Waals surface area contributed by atoms with Crippen LogP contribution in [0.3, 0.4) is 0 Å². The topological polar surface area (TPSA) is 26.3 Å².